The highest BCUT2D eigenvalue weighted by molar-refractivity contribution is 5.85. The summed E-state index contributed by atoms with van der Waals surface area (Å²) < 4.78 is 26.9. The van der Waals surface area contributed by atoms with Gasteiger partial charge in [0.05, 0.1) is 23.0 Å². The number of ether oxygens (including phenoxy) is 2. The summed E-state index contributed by atoms with van der Waals surface area (Å²) in [5, 5.41) is 16.3. The molecule has 1 aromatic heterocycles. The second-order valence-electron chi connectivity index (χ2n) is 9.70. The molecule has 1 aliphatic heterocycles. The molecule has 1 amide bonds. The van der Waals surface area contributed by atoms with Gasteiger partial charge in [-0.2, -0.15) is 5.26 Å². The van der Waals surface area contributed by atoms with Crippen molar-refractivity contribution in [1.82, 2.24) is 9.78 Å². The lowest BCUT2D eigenvalue weighted by molar-refractivity contribution is 0.0635. The summed E-state index contributed by atoms with van der Waals surface area (Å²) in [6.07, 6.45) is 1.62. The summed E-state index contributed by atoms with van der Waals surface area (Å²) in [6, 6.07) is 15.8. The zero-order chi connectivity index (χ0) is 25.9. The molecule has 1 saturated heterocycles. The van der Waals surface area contributed by atoms with Gasteiger partial charge in [0.25, 0.3) is 0 Å². The zero-order valence-electron chi connectivity index (χ0n) is 20.9. The number of halogens is 1. The van der Waals surface area contributed by atoms with Crippen LogP contribution < -0.4 is 10.2 Å². The lowest BCUT2D eigenvalue weighted by atomic mass is 10.1. The van der Waals surface area contributed by atoms with Gasteiger partial charge in [-0.3, -0.25) is 5.32 Å². The first-order chi connectivity index (χ1) is 17.2. The van der Waals surface area contributed by atoms with E-state index in [0.29, 0.717) is 17.4 Å². The molecule has 0 unspecified atom stereocenters. The highest BCUT2D eigenvalue weighted by Crippen LogP contribution is 2.29. The molecular formula is C27H30FN5O3. The molecule has 1 N–H and O–H groups in total. The van der Waals surface area contributed by atoms with Crippen LogP contribution in [0.4, 0.5) is 20.7 Å². The third-order valence-electron chi connectivity index (χ3n) is 5.96. The van der Waals surface area contributed by atoms with Crippen LogP contribution in [0, 0.1) is 17.1 Å². The maximum absolute atomic E-state index is 14.4. The van der Waals surface area contributed by atoms with Crippen LogP contribution in [0.5, 0.6) is 0 Å². The van der Waals surface area contributed by atoms with Crippen molar-refractivity contribution in [3.63, 3.8) is 0 Å². The number of nitriles is 1. The predicted molar refractivity (Wildman–Crippen MR) is 136 cm³/mol. The Hall–Kier alpha value is -3.90. The van der Waals surface area contributed by atoms with Gasteiger partial charge in [-0.05, 0) is 70.0 Å². The fourth-order valence-corrected chi connectivity index (χ4v) is 4.17. The maximum Gasteiger partial charge on any atom is 0.413 e. The molecule has 0 atom stereocenters. The van der Waals surface area contributed by atoms with Crippen molar-refractivity contribution >= 4 is 17.6 Å². The summed E-state index contributed by atoms with van der Waals surface area (Å²) >= 11 is 0. The van der Waals surface area contributed by atoms with Gasteiger partial charge in [-0.15, -0.1) is 5.10 Å². The fraction of sp³-hybridized carbons (Fsp3) is 0.370. The van der Waals surface area contributed by atoms with Gasteiger partial charge in [0.1, 0.15) is 17.5 Å². The molecule has 36 heavy (non-hydrogen) atoms. The second kappa shape index (κ2) is 10.4. The first-order valence-corrected chi connectivity index (χ1v) is 11.8. The van der Waals surface area contributed by atoms with Gasteiger partial charge < -0.3 is 14.4 Å². The Morgan fingerprint density at radius 3 is 2.36 bits per heavy atom. The summed E-state index contributed by atoms with van der Waals surface area (Å²) in [5.74, 6) is -0.367. The van der Waals surface area contributed by atoms with E-state index >= 15 is 0 Å². The standard InChI is InChI=1S/C27H30FN5O3/c1-27(2,3)36-26(34)30-25-16-24(18-5-6-19(17-29)23(28)15-18)33(31-25)21-9-7-20(8-10-21)32-13-11-22(35-4)12-14-32/h5-10,15-16,22H,11-14H2,1-4H3,(H,30,31,34). The molecule has 3 aromatic rings. The minimum atomic E-state index is -0.667. The third-order valence-corrected chi connectivity index (χ3v) is 5.96. The van der Waals surface area contributed by atoms with E-state index in [1.165, 1.54) is 12.1 Å². The molecule has 9 heteroatoms. The van der Waals surface area contributed by atoms with Gasteiger partial charge in [-0.1, -0.05) is 6.07 Å². The van der Waals surface area contributed by atoms with Crippen LogP contribution in [0.25, 0.3) is 16.9 Å². The topological polar surface area (TPSA) is 92.4 Å². The van der Waals surface area contributed by atoms with Gasteiger partial charge in [0, 0.05) is 37.5 Å². The number of hydrogen-bond acceptors (Lipinski definition) is 6. The van der Waals surface area contributed by atoms with E-state index in [0.717, 1.165) is 37.3 Å². The Kier molecular flexibility index (Phi) is 7.27. The van der Waals surface area contributed by atoms with Crippen molar-refractivity contribution in [3.05, 3.63) is 59.9 Å². The number of rotatable bonds is 5. The number of benzene rings is 2. The number of nitrogens with one attached hydrogen (secondary N) is 1. The van der Waals surface area contributed by atoms with Crippen LogP contribution in [0.2, 0.25) is 0 Å². The largest absolute Gasteiger partial charge is 0.444 e. The van der Waals surface area contributed by atoms with Crippen LogP contribution in [-0.4, -0.2) is 47.8 Å². The number of nitrogens with zero attached hydrogens (tertiary/aromatic N) is 4. The Bertz CT molecular complexity index is 1270. The normalized spacial score (nSPS) is 14.4. The van der Waals surface area contributed by atoms with Crippen molar-refractivity contribution in [2.24, 2.45) is 0 Å². The van der Waals surface area contributed by atoms with Crippen LogP contribution in [0.3, 0.4) is 0 Å². The average molecular weight is 492 g/mol. The summed E-state index contributed by atoms with van der Waals surface area (Å²) in [7, 11) is 1.75. The van der Waals surface area contributed by atoms with Crippen molar-refractivity contribution in [2.75, 3.05) is 30.4 Å². The SMILES string of the molecule is COC1CCN(c2ccc(-n3nc(NC(=O)OC(C)(C)C)cc3-c3ccc(C#N)c(F)c3)cc2)CC1. The van der Waals surface area contributed by atoms with Crippen molar-refractivity contribution in [2.45, 2.75) is 45.3 Å². The smallest absolute Gasteiger partial charge is 0.413 e. The van der Waals surface area contributed by atoms with E-state index in [-0.39, 0.29) is 11.4 Å². The first kappa shape index (κ1) is 25.2. The number of methoxy groups -OCH3 is 1. The van der Waals surface area contributed by atoms with Crippen molar-refractivity contribution in [1.29, 1.82) is 5.26 Å². The van der Waals surface area contributed by atoms with Crippen LogP contribution >= 0.6 is 0 Å². The monoisotopic (exact) mass is 491 g/mol. The van der Waals surface area contributed by atoms with Crippen LogP contribution in [0.15, 0.2) is 48.5 Å². The van der Waals surface area contributed by atoms with E-state index in [9.17, 15) is 9.18 Å². The molecule has 0 aliphatic carbocycles. The van der Waals surface area contributed by atoms with E-state index in [1.54, 1.807) is 44.7 Å². The number of piperidine rings is 1. The first-order valence-electron chi connectivity index (χ1n) is 11.8. The molecule has 0 saturated carbocycles. The molecular weight excluding hydrogens is 461 g/mol. The zero-order valence-corrected chi connectivity index (χ0v) is 20.9. The van der Waals surface area contributed by atoms with Crippen LogP contribution in [0.1, 0.15) is 39.2 Å². The highest BCUT2D eigenvalue weighted by Gasteiger charge is 2.21. The Balaban J connectivity index is 1.65. The van der Waals surface area contributed by atoms with Gasteiger partial charge in [0.2, 0.25) is 0 Å². The second-order valence-corrected chi connectivity index (χ2v) is 9.70. The van der Waals surface area contributed by atoms with Crippen molar-refractivity contribution < 1.29 is 18.7 Å². The summed E-state index contributed by atoms with van der Waals surface area (Å²) in [4.78, 5) is 14.6. The Morgan fingerprint density at radius 2 is 1.78 bits per heavy atom. The molecule has 2 heterocycles. The summed E-state index contributed by atoms with van der Waals surface area (Å²) in [6.45, 7) is 7.15. The van der Waals surface area contributed by atoms with E-state index < -0.39 is 17.5 Å². The predicted octanol–water partition coefficient (Wildman–Crippen LogP) is 5.51. The number of anilines is 2. The average Bonchev–Trinajstić information content (AvgIpc) is 3.26. The number of aromatic nitrogens is 2. The van der Waals surface area contributed by atoms with Crippen LogP contribution in [-0.2, 0) is 9.47 Å². The molecule has 0 spiro atoms. The molecule has 0 radical (unpaired) electrons. The number of amides is 1. The molecule has 1 aliphatic rings. The minimum Gasteiger partial charge on any atom is -0.444 e. The lowest BCUT2D eigenvalue weighted by Gasteiger charge is -2.33. The number of hydrogen-bond donors (Lipinski definition) is 1. The van der Waals surface area contributed by atoms with Gasteiger partial charge in [0.15, 0.2) is 5.82 Å². The maximum atomic E-state index is 14.4. The quantitative estimate of drug-likeness (QED) is 0.506. The van der Waals surface area contributed by atoms with Gasteiger partial charge >= 0.3 is 6.09 Å². The van der Waals surface area contributed by atoms with E-state index in [1.807, 2.05) is 30.3 Å². The minimum absolute atomic E-state index is 0.0430. The van der Waals surface area contributed by atoms with Gasteiger partial charge in [-0.25, -0.2) is 13.9 Å². The fourth-order valence-electron chi connectivity index (χ4n) is 4.17. The van der Waals surface area contributed by atoms with E-state index in [4.69, 9.17) is 14.7 Å². The lowest BCUT2D eigenvalue weighted by Crippen LogP contribution is -2.36. The number of carbonyl (C=O) groups excluding carboxylic acids is 1. The molecule has 2 aromatic carbocycles. The third kappa shape index (κ3) is 5.83. The molecule has 188 valence electrons. The van der Waals surface area contributed by atoms with Crippen molar-refractivity contribution in [3.8, 4) is 23.0 Å². The number of carbonyl (C=O) groups is 1. The Morgan fingerprint density at radius 1 is 1.11 bits per heavy atom. The van der Waals surface area contributed by atoms with E-state index in [2.05, 4.69) is 15.3 Å². The summed E-state index contributed by atoms with van der Waals surface area (Å²) in [5.41, 5.74) is 2.19. The molecule has 1 fully saturated rings. The highest BCUT2D eigenvalue weighted by atomic mass is 19.1. The molecule has 4 rings (SSSR count). The Labute approximate surface area is 210 Å². The molecule has 0 bridgehead atoms. The molecule has 8 nitrogen and oxygen atoms in total.